The van der Waals surface area contributed by atoms with E-state index in [0.29, 0.717) is 29.7 Å². The fourth-order valence-electron chi connectivity index (χ4n) is 4.98. The second-order valence-corrected chi connectivity index (χ2v) is 9.99. The number of fused-ring (bicyclic) bond motifs is 2. The second-order valence-electron chi connectivity index (χ2n) is 9.99. The van der Waals surface area contributed by atoms with Crippen LogP contribution in [0.2, 0.25) is 0 Å². The number of hydrogen-bond donors (Lipinski definition) is 2. The number of nitrogens with zero attached hydrogens (tertiary/aromatic N) is 3. The van der Waals surface area contributed by atoms with Crippen molar-refractivity contribution >= 4 is 12.2 Å². The molecular formula is C24H34N4O5. The molecule has 1 aromatic carbocycles. The Kier molecular flexibility index (Phi) is 7.69. The van der Waals surface area contributed by atoms with E-state index in [1.165, 1.54) is 0 Å². The minimum Gasteiger partial charge on any atom is -0.491 e. The molecule has 9 heteroatoms. The first-order valence-electron chi connectivity index (χ1n) is 11.4. The summed E-state index contributed by atoms with van der Waals surface area (Å²) in [7, 11) is 1.82. The standard InChI is InChI=1S/C24H34N4O5/c1-24(2,3)33-23(31)27(4)21-17-7-8-18(21)13-28(12-17)14-19(26-22(29)30)15-32-20-9-5-16(11-25)6-10-20/h5-6,9-10,17-19,21,26H,7-8,12-15H2,1-4H3,(H,29,30)/t17?,18?,19-,21?/m0/s1. The Morgan fingerprint density at radius 1 is 1.24 bits per heavy atom. The largest absolute Gasteiger partial charge is 0.491 e. The molecule has 2 bridgehead atoms. The number of likely N-dealkylation sites (tertiary alicyclic amines) is 1. The molecule has 9 nitrogen and oxygen atoms in total. The Morgan fingerprint density at radius 3 is 2.36 bits per heavy atom. The van der Waals surface area contributed by atoms with Crippen molar-refractivity contribution in [2.75, 3.05) is 33.3 Å². The molecule has 0 aromatic heterocycles. The molecule has 3 rings (SSSR count). The molecule has 2 amide bonds. The van der Waals surface area contributed by atoms with E-state index >= 15 is 0 Å². The summed E-state index contributed by atoms with van der Waals surface area (Å²) >= 11 is 0. The third-order valence-electron chi connectivity index (χ3n) is 6.23. The van der Waals surface area contributed by atoms with E-state index in [1.807, 2.05) is 27.8 Å². The first-order chi connectivity index (χ1) is 15.6. The number of hydrogen-bond acceptors (Lipinski definition) is 6. The third kappa shape index (κ3) is 6.75. The third-order valence-corrected chi connectivity index (χ3v) is 6.23. The van der Waals surface area contributed by atoms with Gasteiger partial charge in [0.05, 0.1) is 17.7 Å². The lowest BCUT2D eigenvalue weighted by Crippen LogP contribution is -2.56. The Morgan fingerprint density at radius 2 is 1.85 bits per heavy atom. The number of ether oxygens (including phenoxy) is 2. The van der Waals surface area contributed by atoms with Gasteiger partial charge in [-0.05, 0) is 69.7 Å². The van der Waals surface area contributed by atoms with Crippen LogP contribution in [0.5, 0.6) is 5.75 Å². The van der Waals surface area contributed by atoms with E-state index in [0.717, 1.165) is 25.9 Å². The number of carboxylic acid groups (broad SMARTS) is 1. The van der Waals surface area contributed by atoms with E-state index in [-0.39, 0.29) is 18.7 Å². The summed E-state index contributed by atoms with van der Waals surface area (Å²) < 4.78 is 11.3. The molecule has 1 heterocycles. The van der Waals surface area contributed by atoms with Gasteiger partial charge in [0.15, 0.2) is 0 Å². The van der Waals surface area contributed by atoms with Crippen molar-refractivity contribution in [3.05, 3.63) is 29.8 Å². The highest BCUT2D eigenvalue weighted by Crippen LogP contribution is 2.40. The van der Waals surface area contributed by atoms with Crippen LogP contribution in [0.15, 0.2) is 24.3 Å². The number of carbonyl (C=O) groups excluding carboxylic acids is 1. The molecule has 0 radical (unpaired) electrons. The zero-order valence-corrected chi connectivity index (χ0v) is 19.8. The van der Waals surface area contributed by atoms with Crippen molar-refractivity contribution in [3.8, 4) is 11.8 Å². The van der Waals surface area contributed by atoms with Crippen molar-refractivity contribution in [2.45, 2.75) is 51.3 Å². The average Bonchev–Trinajstić information content (AvgIpc) is 3.00. The molecule has 2 N–H and O–H groups in total. The Balaban J connectivity index is 1.58. The lowest BCUT2D eigenvalue weighted by Gasteiger charge is -2.43. The van der Waals surface area contributed by atoms with Gasteiger partial charge in [0.25, 0.3) is 0 Å². The number of carbonyl (C=O) groups is 2. The molecular weight excluding hydrogens is 424 g/mol. The van der Waals surface area contributed by atoms with Crippen molar-refractivity contribution in [1.29, 1.82) is 5.26 Å². The lowest BCUT2D eigenvalue weighted by molar-refractivity contribution is -0.000480. The lowest BCUT2D eigenvalue weighted by atomic mass is 9.91. The molecule has 33 heavy (non-hydrogen) atoms. The monoisotopic (exact) mass is 458 g/mol. The fraction of sp³-hybridized carbons (Fsp3) is 0.625. The zero-order valence-electron chi connectivity index (χ0n) is 19.8. The van der Waals surface area contributed by atoms with Crippen molar-refractivity contribution < 1.29 is 24.2 Å². The van der Waals surface area contributed by atoms with Crippen LogP contribution < -0.4 is 10.1 Å². The van der Waals surface area contributed by atoms with Gasteiger partial charge < -0.3 is 29.7 Å². The number of nitrogens with one attached hydrogen (secondary N) is 1. The smallest absolute Gasteiger partial charge is 0.410 e. The summed E-state index contributed by atoms with van der Waals surface area (Å²) in [4.78, 5) is 28.0. The highest BCUT2D eigenvalue weighted by atomic mass is 16.6. The minimum absolute atomic E-state index is 0.136. The van der Waals surface area contributed by atoms with Crippen molar-refractivity contribution in [3.63, 3.8) is 0 Å². The van der Waals surface area contributed by atoms with Crippen LogP contribution in [0.25, 0.3) is 0 Å². The van der Waals surface area contributed by atoms with Crippen LogP contribution in [0, 0.1) is 23.2 Å². The van der Waals surface area contributed by atoms with Gasteiger partial charge in [-0.1, -0.05) is 0 Å². The number of benzene rings is 1. The summed E-state index contributed by atoms with van der Waals surface area (Å²) in [6, 6.07) is 8.53. The maximum Gasteiger partial charge on any atom is 0.410 e. The van der Waals surface area contributed by atoms with Gasteiger partial charge in [-0.3, -0.25) is 0 Å². The molecule has 1 saturated heterocycles. The van der Waals surface area contributed by atoms with Crippen LogP contribution >= 0.6 is 0 Å². The second kappa shape index (κ2) is 10.3. The predicted octanol–water partition coefficient (Wildman–Crippen LogP) is 3.15. The highest BCUT2D eigenvalue weighted by Gasteiger charge is 2.46. The molecule has 3 atom stereocenters. The summed E-state index contributed by atoms with van der Waals surface area (Å²) in [5.74, 6) is 1.24. The van der Waals surface area contributed by atoms with Crippen LogP contribution in [-0.2, 0) is 4.74 Å². The molecule has 180 valence electrons. The van der Waals surface area contributed by atoms with Gasteiger partial charge in [-0.25, -0.2) is 9.59 Å². The van der Waals surface area contributed by atoms with Gasteiger partial charge in [0.1, 0.15) is 18.0 Å². The first kappa shape index (κ1) is 24.6. The molecule has 1 aliphatic carbocycles. The van der Waals surface area contributed by atoms with E-state index in [4.69, 9.17) is 14.7 Å². The molecule has 1 saturated carbocycles. The average molecular weight is 459 g/mol. The highest BCUT2D eigenvalue weighted by molar-refractivity contribution is 5.68. The maximum atomic E-state index is 12.6. The van der Waals surface area contributed by atoms with Gasteiger partial charge in [0, 0.05) is 32.7 Å². The van der Waals surface area contributed by atoms with Crippen LogP contribution in [0.3, 0.4) is 0 Å². The number of nitriles is 1. The van der Waals surface area contributed by atoms with Crippen LogP contribution in [-0.4, -0.2) is 78.1 Å². The zero-order chi connectivity index (χ0) is 24.2. The summed E-state index contributed by atoms with van der Waals surface area (Å²) in [6.07, 6.45) is 0.695. The topological polar surface area (TPSA) is 115 Å². The Hall–Kier alpha value is -2.99. The maximum absolute atomic E-state index is 12.6. The van der Waals surface area contributed by atoms with E-state index in [2.05, 4.69) is 16.3 Å². The Labute approximate surface area is 195 Å². The SMILES string of the molecule is CN(C(=O)OC(C)(C)C)C1C2CCC1CN(C[C@@H](COc1ccc(C#N)cc1)NC(=O)O)C2. The molecule has 1 aromatic rings. The summed E-state index contributed by atoms with van der Waals surface area (Å²) in [5.41, 5.74) is 0.00713. The van der Waals surface area contributed by atoms with Crippen LogP contribution in [0.1, 0.15) is 39.2 Å². The number of rotatable bonds is 7. The van der Waals surface area contributed by atoms with Crippen LogP contribution in [0.4, 0.5) is 9.59 Å². The summed E-state index contributed by atoms with van der Waals surface area (Å²) in [6.45, 7) is 7.90. The quantitative estimate of drug-likeness (QED) is 0.645. The van der Waals surface area contributed by atoms with Gasteiger partial charge in [0.2, 0.25) is 0 Å². The van der Waals surface area contributed by atoms with E-state index < -0.39 is 17.7 Å². The fourth-order valence-corrected chi connectivity index (χ4v) is 4.98. The number of amides is 2. The molecule has 1 aliphatic heterocycles. The molecule has 2 aliphatic rings. The van der Waals surface area contributed by atoms with Crippen molar-refractivity contribution in [2.24, 2.45) is 11.8 Å². The minimum atomic E-state index is -1.09. The number of piperidine rings is 1. The predicted molar refractivity (Wildman–Crippen MR) is 122 cm³/mol. The Bertz CT molecular complexity index is 862. The summed E-state index contributed by atoms with van der Waals surface area (Å²) in [5, 5.41) is 20.8. The molecule has 2 fully saturated rings. The normalized spacial score (nSPS) is 23.3. The van der Waals surface area contributed by atoms with E-state index in [9.17, 15) is 14.7 Å². The molecule has 0 spiro atoms. The van der Waals surface area contributed by atoms with Gasteiger partial charge in [-0.2, -0.15) is 5.26 Å². The van der Waals surface area contributed by atoms with Gasteiger partial charge in [-0.15, -0.1) is 0 Å². The molecule has 2 unspecified atom stereocenters. The first-order valence-corrected chi connectivity index (χ1v) is 11.4. The van der Waals surface area contributed by atoms with Crippen molar-refractivity contribution in [1.82, 2.24) is 15.1 Å². The van der Waals surface area contributed by atoms with Gasteiger partial charge >= 0.3 is 12.2 Å². The van der Waals surface area contributed by atoms with E-state index in [1.54, 1.807) is 29.2 Å².